The van der Waals surface area contributed by atoms with Crippen molar-refractivity contribution in [3.63, 3.8) is 0 Å². The lowest BCUT2D eigenvalue weighted by Crippen LogP contribution is -2.42. The van der Waals surface area contributed by atoms with Gasteiger partial charge in [0.1, 0.15) is 6.04 Å². The quantitative estimate of drug-likeness (QED) is 0.726. The SMILES string of the molecule is C=C(C)C(=O)NC(Cc1c[nH]c2ccccc12)C(=O)O. The largest absolute Gasteiger partial charge is 0.480 e. The van der Waals surface area contributed by atoms with Gasteiger partial charge in [-0.25, -0.2) is 4.79 Å². The van der Waals surface area contributed by atoms with E-state index < -0.39 is 17.9 Å². The number of carboxylic acid groups (broad SMARTS) is 1. The Morgan fingerprint density at radius 3 is 2.75 bits per heavy atom. The molecular formula is C15H16N2O3. The number of aromatic nitrogens is 1. The molecule has 1 unspecified atom stereocenters. The summed E-state index contributed by atoms with van der Waals surface area (Å²) < 4.78 is 0. The van der Waals surface area contributed by atoms with Gasteiger partial charge in [0.25, 0.3) is 0 Å². The first-order valence-corrected chi connectivity index (χ1v) is 6.23. The number of rotatable bonds is 5. The third-order valence-electron chi connectivity index (χ3n) is 3.09. The van der Waals surface area contributed by atoms with E-state index in [-0.39, 0.29) is 12.0 Å². The van der Waals surface area contributed by atoms with E-state index in [0.29, 0.717) is 0 Å². The second kappa shape index (κ2) is 5.61. The summed E-state index contributed by atoms with van der Waals surface area (Å²) in [6.45, 7) is 5.04. The predicted octanol–water partition coefficient (Wildman–Crippen LogP) is 1.86. The average molecular weight is 272 g/mol. The number of hydrogen-bond acceptors (Lipinski definition) is 2. The molecule has 0 aliphatic rings. The molecule has 2 aromatic rings. The van der Waals surface area contributed by atoms with E-state index in [2.05, 4.69) is 16.9 Å². The van der Waals surface area contributed by atoms with Crippen LogP contribution in [0.15, 0.2) is 42.6 Å². The van der Waals surface area contributed by atoms with Crippen LogP contribution in [-0.4, -0.2) is 28.0 Å². The Balaban J connectivity index is 2.22. The van der Waals surface area contributed by atoms with Crippen molar-refractivity contribution in [2.45, 2.75) is 19.4 Å². The van der Waals surface area contributed by atoms with Gasteiger partial charge < -0.3 is 15.4 Å². The van der Waals surface area contributed by atoms with Gasteiger partial charge in [-0.15, -0.1) is 0 Å². The molecule has 0 bridgehead atoms. The summed E-state index contributed by atoms with van der Waals surface area (Å²) in [7, 11) is 0. The van der Waals surface area contributed by atoms with Crippen LogP contribution in [-0.2, 0) is 16.0 Å². The number of H-pyrrole nitrogens is 1. The van der Waals surface area contributed by atoms with E-state index in [9.17, 15) is 14.7 Å². The maximum absolute atomic E-state index is 11.6. The Morgan fingerprint density at radius 1 is 1.40 bits per heavy atom. The Morgan fingerprint density at radius 2 is 2.10 bits per heavy atom. The highest BCUT2D eigenvalue weighted by Crippen LogP contribution is 2.19. The highest BCUT2D eigenvalue weighted by molar-refractivity contribution is 5.95. The van der Waals surface area contributed by atoms with E-state index in [1.165, 1.54) is 0 Å². The molecule has 0 saturated carbocycles. The summed E-state index contributed by atoms with van der Waals surface area (Å²) >= 11 is 0. The third kappa shape index (κ3) is 2.88. The fourth-order valence-corrected chi connectivity index (χ4v) is 2.00. The standard InChI is InChI=1S/C15H16N2O3/c1-9(2)14(18)17-13(15(19)20)7-10-8-16-12-6-4-3-5-11(10)12/h3-6,8,13,16H,1,7H2,2H3,(H,17,18)(H,19,20). The molecule has 1 heterocycles. The minimum absolute atomic E-state index is 0.221. The highest BCUT2D eigenvalue weighted by atomic mass is 16.4. The van der Waals surface area contributed by atoms with E-state index in [1.54, 1.807) is 13.1 Å². The van der Waals surface area contributed by atoms with Crippen LogP contribution in [0.5, 0.6) is 0 Å². The van der Waals surface area contributed by atoms with Gasteiger partial charge in [0.15, 0.2) is 0 Å². The molecule has 1 amide bonds. The van der Waals surface area contributed by atoms with Gasteiger partial charge in [-0.2, -0.15) is 0 Å². The second-order valence-electron chi connectivity index (χ2n) is 4.71. The molecule has 0 spiro atoms. The molecule has 3 N–H and O–H groups in total. The van der Waals surface area contributed by atoms with Crippen LogP contribution < -0.4 is 5.32 Å². The summed E-state index contributed by atoms with van der Waals surface area (Å²) in [5.41, 5.74) is 2.09. The van der Waals surface area contributed by atoms with Gasteiger partial charge in [0.2, 0.25) is 5.91 Å². The minimum atomic E-state index is -1.06. The average Bonchev–Trinajstić information content (AvgIpc) is 2.81. The number of aromatic amines is 1. The van der Waals surface area contributed by atoms with Crippen LogP contribution in [0.2, 0.25) is 0 Å². The van der Waals surface area contributed by atoms with Crippen LogP contribution in [0, 0.1) is 0 Å². The summed E-state index contributed by atoms with van der Waals surface area (Å²) in [5, 5.41) is 12.6. The molecule has 0 radical (unpaired) electrons. The first-order chi connectivity index (χ1) is 9.49. The number of aliphatic carboxylic acids is 1. The van der Waals surface area contributed by atoms with Crippen molar-refractivity contribution in [3.8, 4) is 0 Å². The molecule has 1 aromatic heterocycles. The Labute approximate surface area is 116 Å². The van der Waals surface area contributed by atoms with Crippen molar-refractivity contribution >= 4 is 22.8 Å². The van der Waals surface area contributed by atoms with Crippen molar-refractivity contribution in [1.29, 1.82) is 0 Å². The summed E-state index contributed by atoms with van der Waals surface area (Å²) in [6, 6.07) is 6.66. The molecule has 20 heavy (non-hydrogen) atoms. The fraction of sp³-hybridized carbons (Fsp3) is 0.200. The zero-order chi connectivity index (χ0) is 14.7. The maximum Gasteiger partial charge on any atom is 0.326 e. The van der Waals surface area contributed by atoms with Crippen LogP contribution in [0.1, 0.15) is 12.5 Å². The Hall–Kier alpha value is -2.56. The maximum atomic E-state index is 11.6. The number of carbonyl (C=O) groups excluding carboxylic acids is 1. The molecule has 2 rings (SSSR count). The Kier molecular flexibility index (Phi) is 3.89. The van der Waals surface area contributed by atoms with Crippen LogP contribution >= 0.6 is 0 Å². The molecule has 0 aliphatic carbocycles. The van der Waals surface area contributed by atoms with Gasteiger partial charge in [0.05, 0.1) is 0 Å². The van der Waals surface area contributed by atoms with Gasteiger partial charge in [0, 0.05) is 29.1 Å². The lowest BCUT2D eigenvalue weighted by Gasteiger charge is -2.14. The molecule has 0 fully saturated rings. The summed E-state index contributed by atoms with van der Waals surface area (Å²) in [5.74, 6) is -1.51. The molecule has 0 saturated heterocycles. The minimum Gasteiger partial charge on any atom is -0.480 e. The number of carbonyl (C=O) groups is 2. The summed E-state index contributed by atoms with van der Waals surface area (Å²) in [4.78, 5) is 25.9. The van der Waals surface area contributed by atoms with Gasteiger partial charge in [-0.1, -0.05) is 24.8 Å². The number of benzene rings is 1. The van der Waals surface area contributed by atoms with Crippen molar-refractivity contribution in [2.75, 3.05) is 0 Å². The lowest BCUT2D eigenvalue weighted by atomic mass is 10.0. The van der Waals surface area contributed by atoms with E-state index in [0.717, 1.165) is 16.5 Å². The number of fused-ring (bicyclic) bond motifs is 1. The first kappa shape index (κ1) is 13.9. The first-order valence-electron chi connectivity index (χ1n) is 6.23. The zero-order valence-electron chi connectivity index (χ0n) is 11.1. The van der Waals surface area contributed by atoms with Crippen LogP contribution in [0.4, 0.5) is 0 Å². The molecule has 104 valence electrons. The van der Waals surface area contributed by atoms with Crippen molar-refractivity contribution in [2.24, 2.45) is 0 Å². The normalized spacial score (nSPS) is 12.1. The zero-order valence-corrected chi connectivity index (χ0v) is 11.1. The van der Waals surface area contributed by atoms with E-state index in [4.69, 9.17) is 0 Å². The van der Waals surface area contributed by atoms with E-state index in [1.807, 2.05) is 24.3 Å². The number of nitrogens with one attached hydrogen (secondary N) is 2. The molecule has 1 aromatic carbocycles. The summed E-state index contributed by atoms with van der Waals surface area (Å²) in [6.07, 6.45) is 1.99. The number of hydrogen-bond donors (Lipinski definition) is 3. The van der Waals surface area contributed by atoms with Gasteiger partial charge >= 0.3 is 5.97 Å². The number of carboxylic acids is 1. The topological polar surface area (TPSA) is 82.2 Å². The molecule has 5 nitrogen and oxygen atoms in total. The van der Waals surface area contributed by atoms with Crippen LogP contribution in [0.3, 0.4) is 0 Å². The molecule has 5 heteroatoms. The molecule has 0 aliphatic heterocycles. The Bertz CT molecular complexity index is 673. The van der Waals surface area contributed by atoms with Crippen molar-refractivity contribution < 1.29 is 14.7 Å². The predicted molar refractivity (Wildman–Crippen MR) is 76.4 cm³/mol. The second-order valence-corrected chi connectivity index (χ2v) is 4.71. The van der Waals surface area contributed by atoms with Crippen molar-refractivity contribution in [1.82, 2.24) is 10.3 Å². The number of para-hydroxylation sites is 1. The third-order valence-corrected chi connectivity index (χ3v) is 3.09. The molecular weight excluding hydrogens is 256 g/mol. The lowest BCUT2D eigenvalue weighted by molar-refractivity contribution is -0.141. The highest BCUT2D eigenvalue weighted by Gasteiger charge is 2.21. The van der Waals surface area contributed by atoms with Gasteiger partial charge in [-0.3, -0.25) is 4.79 Å². The fourth-order valence-electron chi connectivity index (χ4n) is 2.00. The smallest absolute Gasteiger partial charge is 0.326 e. The van der Waals surface area contributed by atoms with E-state index >= 15 is 0 Å². The van der Waals surface area contributed by atoms with Crippen LogP contribution in [0.25, 0.3) is 10.9 Å². The number of amides is 1. The molecule has 1 atom stereocenters. The van der Waals surface area contributed by atoms with Crippen molar-refractivity contribution in [3.05, 3.63) is 48.2 Å². The monoisotopic (exact) mass is 272 g/mol. The van der Waals surface area contributed by atoms with Gasteiger partial charge in [-0.05, 0) is 18.6 Å².